The quantitative estimate of drug-likeness (QED) is 0.711. The molecule has 3 amide bonds. The lowest BCUT2D eigenvalue weighted by Gasteiger charge is -2.23. The highest BCUT2D eigenvalue weighted by atomic mass is 19.1. The van der Waals surface area contributed by atoms with Crippen LogP contribution in [0.2, 0.25) is 0 Å². The third-order valence-electron chi connectivity index (χ3n) is 4.26. The summed E-state index contributed by atoms with van der Waals surface area (Å²) in [5, 5.41) is 8.07. The number of hydrogen-bond donors (Lipinski definition) is 3. The van der Waals surface area contributed by atoms with Crippen molar-refractivity contribution in [3.8, 4) is 0 Å². The first-order valence-corrected chi connectivity index (χ1v) is 8.94. The monoisotopic (exact) mass is 385 g/mol. The van der Waals surface area contributed by atoms with Crippen molar-refractivity contribution in [3.63, 3.8) is 0 Å². The highest BCUT2D eigenvalue weighted by Gasteiger charge is 2.26. The molecule has 0 heterocycles. The van der Waals surface area contributed by atoms with Gasteiger partial charge in [-0.1, -0.05) is 32.0 Å². The molecule has 2 aromatic rings. The number of carbonyl (C=O) groups excluding carboxylic acids is 3. The Morgan fingerprint density at radius 2 is 1.54 bits per heavy atom. The molecule has 0 radical (unpaired) electrons. The molecule has 0 fully saturated rings. The van der Waals surface area contributed by atoms with Crippen molar-refractivity contribution in [3.05, 3.63) is 59.4 Å². The summed E-state index contributed by atoms with van der Waals surface area (Å²) in [6.45, 7) is 6.74. The first-order chi connectivity index (χ1) is 13.2. The number of nitrogens with one attached hydrogen (secondary N) is 3. The fourth-order valence-corrected chi connectivity index (χ4v) is 2.71. The maximum Gasteiger partial charge on any atom is 0.254 e. The van der Waals surface area contributed by atoms with Gasteiger partial charge in [0.15, 0.2) is 0 Å². The van der Waals surface area contributed by atoms with Gasteiger partial charge in [0.2, 0.25) is 11.8 Å². The molecule has 7 heteroatoms. The highest BCUT2D eigenvalue weighted by Crippen LogP contribution is 2.24. The van der Waals surface area contributed by atoms with Gasteiger partial charge in [0, 0.05) is 18.3 Å². The maximum absolute atomic E-state index is 13.8. The lowest BCUT2D eigenvalue weighted by atomic mass is 10.0. The molecular weight excluding hydrogens is 361 g/mol. The van der Waals surface area contributed by atoms with E-state index >= 15 is 0 Å². The summed E-state index contributed by atoms with van der Waals surface area (Å²) in [7, 11) is 0. The minimum absolute atomic E-state index is 0.121. The van der Waals surface area contributed by atoms with Crippen molar-refractivity contribution in [2.45, 2.75) is 33.7 Å². The molecule has 0 aliphatic carbocycles. The van der Waals surface area contributed by atoms with Crippen LogP contribution >= 0.6 is 0 Å². The van der Waals surface area contributed by atoms with Crippen LogP contribution < -0.4 is 16.0 Å². The Morgan fingerprint density at radius 3 is 2.11 bits per heavy atom. The van der Waals surface area contributed by atoms with Gasteiger partial charge in [-0.3, -0.25) is 14.4 Å². The van der Waals surface area contributed by atoms with Crippen molar-refractivity contribution in [1.82, 2.24) is 5.32 Å². The number of amides is 3. The van der Waals surface area contributed by atoms with Crippen LogP contribution in [0.1, 0.15) is 36.7 Å². The zero-order valence-electron chi connectivity index (χ0n) is 16.3. The van der Waals surface area contributed by atoms with Gasteiger partial charge in [0.1, 0.15) is 11.9 Å². The van der Waals surface area contributed by atoms with Gasteiger partial charge >= 0.3 is 0 Å². The average molecular weight is 385 g/mol. The van der Waals surface area contributed by atoms with E-state index < -0.39 is 23.7 Å². The van der Waals surface area contributed by atoms with Crippen LogP contribution in [0, 0.1) is 18.7 Å². The summed E-state index contributed by atoms with van der Waals surface area (Å²) in [5.41, 5.74) is 1.67. The fraction of sp³-hybridized carbons (Fsp3) is 0.286. The molecule has 0 bridgehead atoms. The predicted octanol–water partition coefficient (Wildman–Crippen LogP) is 3.49. The molecule has 2 aromatic carbocycles. The average Bonchev–Trinajstić information content (AvgIpc) is 2.62. The molecule has 6 nitrogen and oxygen atoms in total. The number of benzene rings is 2. The van der Waals surface area contributed by atoms with E-state index in [0.29, 0.717) is 16.9 Å². The van der Waals surface area contributed by atoms with Gasteiger partial charge in [0.25, 0.3) is 5.91 Å². The van der Waals surface area contributed by atoms with Crippen molar-refractivity contribution in [1.29, 1.82) is 0 Å². The zero-order valence-corrected chi connectivity index (χ0v) is 16.3. The smallest absolute Gasteiger partial charge is 0.254 e. The SMILES string of the molecule is CC(=O)Nc1cccc(NC(=O)C(NC(=O)c2ccccc2F)C(C)C)c1C. The molecule has 3 N–H and O–H groups in total. The molecule has 0 aromatic heterocycles. The van der Waals surface area contributed by atoms with Crippen LogP contribution in [0.3, 0.4) is 0 Å². The first-order valence-electron chi connectivity index (χ1n) is 8.94. The Kier molecular flexibility index (Phi) is 6.87. The highest BCUT2D eigenvalue weighted by molar-refractivity contribution is 6.02. The summed E-state index contributed by atoms with van der Waals surface area (Å²) >= 11 is 0. The summed E-state index contributed by atoms with van der Waals surface area (Å²) in [4.78, 5) is 36.5. The molecule has 1 unspecified atom stereocenters. The molecule has 0 aliphatic heterocycles. The largest absolute Gasteiger partial charge is 0.340 e. The lowest BCUT2D eigenvalue weighted by Crippen LogP contribution is -2.47. The summed E-state index contributed by atoms with van der Waals surface area (Å²) < 4.78 is 13.8. The van der Waals surface area contributed by atoms with Crippen LogP contribution in [0.25, 0.3) is 0 Å². The van der Waals surface area contributed by atoms with Gasteiger partial charge in [-0.25, -0.2) is 4.39 Å². The van der Waals surface area contributed by atoms with Crippen LogP contribution in [0.5, 0.6) is 0 Å². The number of carbonyl (C=O) groups is 3. The van der Waals surface area contributed by atoms with Crippen LogP contribution in [0.4, 0.5) is 15.8 Å². The molecule has 2 rings (SSSR count). The van der Waals surface area contributed by atoms with E-state index in [1.54, 1.807) is 45.0 Å². The molecule has 0 saturated heterocycles. The zero-order chi connectivity index (χ0) is 20.8. The number of rotatable bonds is 6. The molecule has 28 heavy (non-hydrogen) atoms. The Labute approximate surface area is 163 Å². The van der Waals surface area contributed by atoms with Crippen molar-refractivity contribution in [2.75, 3.05) is 10.6 Å². The van der Waals surface area contributed by atoms with E-state index in [1.165, 1.54) is 25.1 Å². The maximum atomic E-state index is 13.8. The van der Waals surface area contributed by atoms with Gasteiger partial charge in [-0.15, -0.1) is 0 Å². The molecule has 148 valence electrons. The summed E-state index contributed by atoms with van der Waals surface area (Å²) in [6.07, 6.45) is 0. The molecular formula is C21H24FN3O3. The summed E-state index contributed by atoms with van der Waals surface area (Å²) in [5.74, 6) is -2.18. The van der Waals surface area contributed by atoms with E-state index in [-0.39, 0.29) is 17.4 Å². The predicted molar refractivity (Wildman–Crippen MR) is 107 cm³/mol. The molecule has 0 aliphatic rings. The number of halogens is 1. The Morgan fingerprint density at radius 1 is 0.929 bits per heavy atom. The van der Waals surface area contributed by atoms with Crippen molar-refractivity contribution in [2.24, 2.45) is 5.92 Å². The van der Waals surface area contributed by atoms with E-state index in [1.807, 2.05) is 0 Å². The standard InChI is InChI=1S/C21H24FN3O3/c1-12(2)19(25-20(27)15-8-5-6-9-16(15)22)21(28)24-18-11-7-10-17(13(18)3)23-14(4)26/h5-12,19H,1-4H3,(H,23,26)(H,24,28)(H,25,27). The second-order valence-corrected chi connectivity index (χ2v) is 6.82. The fourth-order valence-electron chi connectivity index (χ4n) is 2.71. The van der Waals surface area contributed by atoms with Crippen molar-refractivity contribution < 1.29 is 18.8 Å². The van der Waals surface area contributed by atoms with Crippen LogP contribution in [0.15, 0.2) is 42.5 Å². The third kappa shape index (κ3) is 5.16. The van der Waals surface area contributed by atoms with Gasteiger partial charge in [0.05, 0.1) is 5.56 Å². The van der Waals surface area contributed by atoms with Crippen LogP contribution in [-0.4, -0.2) is 23.8 Å². The minimum atomic E-state index is -0.865. The van der Waals surface area contributed by atoms with Gasteiger partial charge in [-0.05, 0) is 42.7 Å². The second-order valence-electron chi connectivity index (χ2n) is 6.82. The topological polar surface area (TPSA) is 87.3 Å². The van der Waals surface area contributed by atoms with E-state index in [0.717, 1.165) is 0 Å². The number of anilines is 2. The molecule has 1 atom stereocenters. The van der Waals surface area contributed by atoms with Crippen LogP contribution in [-0.2, 0) is 9.59 Å². The first kappa shape index (κ1) is 21.1. The van der Waals surface area contributed by atoms with E-state index in [9.17, 15) is 18.8 Å². The Hall–Kier alpha value is -3.22. The molecule has 0 spiro atoms. The van der Waals surface area contributed by atoms with Gasteiger partial charge < -0.3 is 16.0 Å². The minimum Gasteiger partial charge on any atom is -0.340 e. The van der Waals surface area contributed by atoms with E-state index in [2.05, 4.69) is 16.0 Å². The lowest BCUT2D eigenvalue weighted by molar-refractivity contribution is -0.119. The van der Waals surface area contributed by atoms with Gasteiger partial charge in [-0.2, -0.15) is 0 Å². The Bertz CT molecular complexity index is 896. The molecule has 0 saturated carbocycles. The third-order valence-corrected chi connectivity index (χ3v) is 4.26. The van der Waals surface area contributed by atoms with E-state index in [4.69, 9.17) is 0 Å². The number of hydrogen-bond acceptors (Lipinski definition) is 3. The van der Waals surface area contributed by atoms with Crippen molar-refractivity contribution >= 4 is 29.1 Å². The second kappa shape index (κ2) is 9.12. The normalized spacial score (nSPS) is 11.6. The Balaban J connectivity index is 2.19. The summed E-state index contributed by atoms with van der Waals surface area (Å²) in [6, 6.07) is 9.87.